The van der Waals surface area contributed by atoms with Crippen molar-refractivity contribution in [1.29, 1.82) is 0 Å². The molecule has 1 aromatic rings. The number of carbonyl (C=O) groups excluding carboxylic acids is 2. The van der Waals surface area contributed by atoms with Gasteiger partial charge in [0.05, 0.1) is 12.8 Å². The molecule has 6 nitrogen and oxygen atoms in total. The summed E-state index contributed by atoms with van der Waals surface area (Å²) < 4.78 is 4.88. The number of rotatable bonds is 6. The van der Waals surface area contributed by atoms with Crippen molar-refractivity contribution in [3.63, 3.8) is 0 Å². The summed E-state index contributed by atoms with van der Waals surface area (Å²) in [5.41, 5.74) is 0. The Morgan fingerprint density at radius 3 is 2.82 bits per heavy atom. The largest absolute Gasteiger partial charge is 0.459 e. The number of imide groups is 1. The van der Waals surface area contributed by atoms with Crippen LogP contribution in [0.1, 0.15) is 10.6 Å². The van der Waals surface area contributed by atoms with E-state index in [9.17, 15) is 9.59 Å². The molecule has 2 amide bonds. The van der Waals surface area contributed by atoms with Crippen molar-refractivity contribution in [3.8, 4) is 0 Å². The molecule has 94 valence electrons. The van der Waals surface area contributed by atoms with E-state index in [0.29, 0.717) is 0 Å². The summed E-state index contributed by atoms with van der Waals surface area (Å²) in [7, 11) is 3.66. The number of hydrogen-bond acceptors (Lipinski definition) is 5. The van der Waals surface area contributed by atoms with Gasteiger partial charge >= 0.3 is 0 Å². The van der Waals surface area contributed by atoms with Gasteiger partial charge in [-0.2, -0.15) is 0 Å². The molecule has 1 aromatic heterocycles. The number of nitrogens with zero attached hydrogens (tertiary/aromatic N) is 1. The van der Waals surface area contributed by atoms with E-state index in [1.807, 2.05) is 19.0 Å². The summed E-state index contributed by atoms with van der Waals surface area (Å²) in [5, 5.41) is 5.24. The average molecular weight is 239 g/mol. The first-order valence-corrected chi connectivity index (χ1v) is 5.34. The highest BCUT2D eigenvalue weighted by molar-refractivity contribution is 6.03. The molecule has 2 N–H and O–H groups in total. The van der Waals surface area contributed by atoms with Crippen LogP contribution in [-0.4, -0.2) is 50.4 Å². The van der Waals surface area contributed by atoms with Gasteiger partial charge in [0.25, 0.3) is 5.91 Å². The van der Waals surface area contributed by atoms with Crippen molar-refractivity contribution in [1.82, 2.24) is 15.5 Å². The molecule has 6 heteroatoms. The number of amides is 2. The molecule has 1 rings (SSSR count). The van der Waals surface area contributed by atoms with E-state index in [-0.39, 0.29) is 18.2 Å². The standard InChI is InChI=1S/C11H17N3O3/c1-12-5-6-14(2)8-10(15)13-11(16)9-4-3-7-17-9/h3-4,7,12H,5-6,8H2,1-2H3,(H,13,15,16). The van der Waals surface area contributed by atoms with Gasteiger partial charge in [0.1, 0.15) is 0 Å². The monoisotopic (exact) mass is 239 g/mol. The predicted molar refractivity (Wildman–Crippen MR) is 62.6 cm³/mol. The summed E-state index contributed by atoms with van der Waals surface area (Å²) in [5.74, 6) is -0.719. The lowest BCUT2D eigenvalue weighted by Gasteiger charge is -2.14. The second-order valence-corrected chi connectivity index (χ2v) is 3.70. The van der Waals surface area contributed by atoms with E-state index >= 15 is 0 Å². The molecule has 0 atom stereocenters. The SMILES string of the molecule is CNCCN(C)CC(=O)NC(=O)c1ccco1. The van der Waals surface area contributed by atoms with Crippen molar-refractivity contribution < 1.29 is 14.0 Å². The molecular weight excluding hydrogens is 222 g/mol. The Hall–Kier alpha value is -1.66. The molecule has 17 heavy (non-hydrogen) atoms. The number of nitrogens with one attached hydrogen (secondary N) is 2. The highest BCUT2D eigenvalue weighted by atomic mass is 16.3. The molecule has 0 saturated carbocycles. The van der Waals surface area contributed by atoms with Crippen molar-refractivity contribution >= 4 is 11.8 Å². The van der Waals surface area contributed by atoms with E-state index in [0.717, 1.165) is 13.1 Å². The fraction of sp³-hybridized carbons (Fsp3) is 0.455. The van der Waals surface area contributed by atoms with Crippen molar-refractivity contribution in [2.24, 2.45) is 0 Å². The summed E-state index contributed by atoms with van der Waals surface area (Å²) in [6.45, 7) is 1.70. The third-order valence-electron chi connectivity index (χ3n) is 2.15. The van der Waals surface area contributed by atoms with Gasteiger partial charge in [-0.3, -0.25) is 19.8 Å². The molecule has 0 fully saturated rings. The van der Waals surface area contributed by atoms with Crippen LogP contribution in [0, 0.1) is 0 Å². The minimum Gasteiger partial charge on any atom is -0.459 e. The van der Waals surface area contributed by atoms with Gasteiger partial charge in [-0.15, -0.1) is 0 Å². The Morgan fingerprint density at radius 2 is 2.24 bits per heavy atom. The molecule has 0 radical (unpaired) electrons. The van der Waals surface area contributed by atoms with E-state index in [1.165, 1.54) is 12.3 Å². The van der Waals surface area contributed by atoms with Gasteiger partial charge in [0.2, 0.25) is 5.91 Å². The number of likely N-dealkylation sites (N-methyl/N-ethyl adjacent to an activating group) is 2. The Morgan fingerprint density at radius 1 is 1.47 bits per heavy atom. The van der Waals surface area contributed by atoms with Gasteiger partial charge in [-0.25, -0.2) is 0 Å². The Labute approximate surface area is 100.0 Å². The zero-order chi connectivity index (χ0) is 12.7. The minimum absolute atomic E-state index is 0.135. The molecule has 0 unspecified atom stereocenters. The smallest absolute Gasteiger partial charge is 0.293 e. The molecule has 0 saturated heterocycles. The molecule has 0 bridgehead atoms. The zero-order valence-corrected chi connectivity index (χ0v) is 10.0. The normalized spacial score (nSPS) is 10.5. The third kappa shape index (κ3) is 4.80. The Bertz CT molecular complexity index is 362. The zero-order valence-electron chi connectivity index (χ0n) is 10.0. The number of carbonyl (C=O) groups is 2. The van der Waals surface area contributed by atoms with Gasteiger partial charge < -0.3 is 9.73 Å². The van der Waals surface area contributed by atoms with Gasteiger partial charge in [-0.1, -0.05) is 0 Å². The quantitative estimate of drug-likeness (QED) is 0.712. The topological polar surface area (TPSA) is 74.6 Å². The lowest BCUT2D eigenvalue weighted by molar-refractivity contribution is -0.121. The van der Waals surface area contributed by atoms with Crippen LogP contribution in [0.3, 0.4) is 0 Å². The minimum atomic E-state index is -0.512. The van der Waals surface area contributed by atoms with Gasteiger partial charge in [0, 0.05) is 13.1 Å². The van der Waals surface area contributed by atoms with Crippen LogP contribution in [0.2, 0.25) is 0 Å². The summed E-state index contributed by atoms with van der Waals surface area (Å²) in [6, 6.07) is 3.10. The first-order chi connectivity index (χ1) is 8.13. The van der Waals surface area contributed by atoms with Crippen LogP contribution in [0.25, 0.3) is 0 Å². The van der Waals surface area contributed by atoms with Gasteiger partial charge in [-0.05, 0) is 26.2 Å². The van der Waals surface area contributed by atoms with Crippen LogP contribution >= 0.6 is 0 Å². The van der Waals surface area contributed by atoms with Crippen LogP contribution in [0.15, 0.2) is 22.8 Å². The maximum Gasteiger partial charge on any atom is 0.293 e. The van der Waals surface area contributed by atoms with Crippen molar-refractivity contribution in [2.75, 3.05) is 33.7 Å². The fourth-order valence-electron chi connectivity index (χ4n) is 1.26. The molecule has 0 aromatic carbocycles. The van der Waals surface area contributed by atoms with Crippen LogP contribution in [-0.2, 0) is 4.79 Å². The maximum absolute atomic E-state index is 11.5. The Balaban J connectivity index is 2.32. The third-order valence-corrected chi connectivity index (χ3v) is 2.15. The first kappa shape index (κ1) is 13.4. The second kappa shape index (κ2) is 6.82. The van der Waals surface area contributed by atoms with E-state index in [2.05, 4.69) is 10.6 Å². The molecular formula is C11H17N3O3. The summed E-state index contributed by atoms with van der Waals surface area (Å²) in [6.07, 6.45) is 1.39. The highest BCUT2D eigenvalue weighted by Gasteiger charge is 2.13. The highest BCUT2D eigenvalue weighted by Crippen LogP contribution is 1.98. The van der Waals surface area contributed by atoms with E-state index in [4.69, 9.17) is 4.42 Å². The van der Waals surface area contributed by atoms with Crippen LogP contribution < -0.4 is 10.6 Å². The van der Waals surface area contributed by atoms with Gasteiger partial charge in [0.15, 0.2) is 5.76 Å². The molecule has 0 aliphatic carbocycles. The molecule has 0 aliphatic heterocycles. The molecule has 1 heterocycles. The van der Waals surface area contributed by atoms with Crippen molar-refractivity contribution in [2.45, 2.75) is 0 Å². The lowest BCUT2D eigenvalue weighted by atomic mass is 10.4. The Kier molecular flexibility index (Phi) is 5.38. The molecule has 0 aliphatic rings. The predicted octanol–water partition coefficient (Wildman–Crippen LogP) is -0.313. The van der Waals surface area contributed by atoms with Crippen molar-refractivity contribution in [3.05, 3.63) is 24.2 Å². The van der Waals surface area contributed by atoms with E-state index in [1.54, 1.807) is 6.07 Å². The number of furan rings is 1. The van der Waals surface area contributed by atoms with Crippen LogP contribution in [0.5, 0.6) is 0 Å². The molecule has 0 spiro atoms. The average Bonchev–Trinajstić information content (AvgIpc) is 2.79. The number of hydrogen-bond donors (Lipinski definition) is 2. The summed E-state index contributed by atoms with van der Waals surface area (Å²) in [4.78, 5) is 24.8. The lowest BCUT2D eigenvalue weighted by Crippen LogP contribution is -2.40. The fourth-order valence-corrected chi connectivity index (χ4v) is 1.26. The maximum atomic E-state index is 11.5. The van der Waals surface area contributed by atoms with Crippen LogP contribution in [0.4, 0.5) is 0 Å². The van der Waals surface area contributed by atoms with E-state index < -0.39 is 5.91 Å². The first-order valence-electron chi connectivity index (χ1n) is 5.34. The second-order valence-electron chi connectivity index (χ2n) is 3.70. The summed E-state index contributed by atoms with van der Waals surface area (Å²) >= 11 is 0.